The van der Waals surface area contributed by atoms with E-state index in [9.17, 15) is 0 Å². The van der Waals surface area contributed by atoms with Crippen molar-refractivity contribution in [3.8, 4) is 0 Å². The van der Waals surface area contributed by atoms with Gasteiger partial charge in [0.15, 0.2) is 0 Å². The lowest BCUT2D eigenvalue weighted by molar-refractivity contribution is 0.217. The number of thioether (sulfide) groups is 1. The summed E-state index contributed by atoms with van der Waals surface area (Å²) < 4.78 is 0. The van der Waals surface area contributed by atoms with Crippen LogP contribution in [0.4, 0.5) is 0 Å². The predicted octanol–water partition coefficient (Wildman–Crippen LogP) is 3.51. The van der Waals surface area contributed by atoms with Crippen molar-refractivity contribution in [1.82, 2.24) is 10.2 Å². The Labute approximate surface area is 128 Å². The van der Waals surface area contributed by atoms with Gasteiger partial charge in [-0.1, -0.05) is 45.0 Å². The quantitative estimate of drug-likeness (QED) is 0.894. The molecule has 0 radical (unpaired) electrons. The first-order valence-electron chi connectivity index (χ1n) is 7.74. The van der Waals surface area contributed by atoms with Gasteiger partial charge in [-0.15, -0.1) is 0 Å². The zero-order valence-corrected chi connectivity index (χ0v) is 14.0. The third-order valence-corrected chi connectivity index (χ3v) is 5.26. The van der Waals surface area contributed by atoms with Crippen molar-refractivity contribution in [2.75, 3.05) is 31.6 Å². The number of nitrogens with one attached hydrogen (secondary N) is 1. The number of rotatable bonds is 5. The maximum Gasteiger partial charge on any atom is 0.0486 e. The molecule has 0 amide bonds. The molecule has 0 aromatic heterocycles. The predicted molar refractivity (Wildman–Crippen MR) is 90.7 cm³/mol. The average molecular weight is 292 g/mol. The normalized spacial score (nSPS) is 22.1. The summed E-state index contributed by atoms with van der Waals surface area (Å²) in [5.41, 5.74) is 2.85. The van der Waals surface area contributed by atoms with E-state index < -0.39 is 0 Å². The van der Waals surface area contributed by atoms with Crippen LogP contribution in [0.1, 0.15) is 43.9 Å². The van der Waals surface area contributed by atoms with E-state index in [0.717, 1.165) is 6.54 Å². The second kappa shape index (κ2) is 7.48. The van der Waals surface area contributed by atoms with E-state index in [-0.39, 0.29) is 0 Å². The summed E-state index contributed by atoms with van der Waals surface area (Å²) in [6, 6.07) is 10.3. The molecule has 2 atom stereocenters. The molecule has 0 spiro atoms. The largest absolute Gasteiger partial charge is 0.309 e. The van der Waals surface area contributed by atoms with Crippen molar-refractivity contribution < 1.29 is 0 Å². The highest BCUT2D eigenvalue weighted by Crippen LogP contribution is 2.28. The second-order valence-corrected chi connectivity index (χ2v) is 7.13. The van der Waals surface area contributed by atoms with Gasteiger partial charge >= 0.3 is 0 Å². The van der Waals surface area contributed by atoms with Crippen LogP contribution in [0.15, 0.2) is 24.3 Å². The molecular weight excluding hydrogens is 264 g/mol. The zero-order valence-electron chi connectivity index (χ0n) is 13.2. The van der Waals surface area contributed by atoms with Crippen LogP contribution < -0.4 is 5.32 Å². The molecule has 0 aliphatic carbocycles. The van der Waals surface area contributed by atoms with Crippen LogP contribution in [0.2, 0.25) is 0 Å². The lowest BCUT2D eigenvalue weighted by Crippen LogP contribution is -2.47. The van der Waals surface area contributed by atoms with Crippen molar-refractivity contribution in [2.45, 2.75) is 38.8 Å². The first-order chi connectivity index (χ1) is 9.63. The van der Waals surface area contributed by atoms with Gasteiger partial charge in [0.05, 0.1) is 0 Å². The molecule has 2 rings (SSSR count). The van der Waals surface area contributed by atoms with Gasteiger partial charge in [-0.2, -0.15) is 11.8 Å². The summed E-state index contributed by atoms with van der Waals surface area (Å²) in [5, 5.41) is 3.69. The van der Waals surface area contributed by atoms with Crippen LogP contribution in [0.3, 0.4) is 0 Å². The fraction of sp³-hybridized carbons (Fsp3) is 0.647. The van der Waals surface area contributed by atoms with Crippen LogP contribution in [0.5, 0.6) is 0 Å². The summed E-state index contributed by atoms with van der Waals surface area (Å²) >= 11 is 2.08. The lowest BCUT2D eigenvalue weighted by Gasteiger charge is -2.38. The van der Waals surface area contributed by atoms with Gasteiger partial charge in [0.1, 0.15) is 0 Å². The highest BCUT2D eigenvalue weighted by molar-refractivity contribution is 7.99. The Bertz CT molecular complexity index is 402. The van der Waals surface area contributed by atoms with Gasteiger partial charge in [0.2, 0.25) is 0 Å². The van der Waals surface area contributed by atoms with Crippen molar-refractivity contribution in [2.24, 2.45) is 0 Å². The Morgan fingerprint density at radius 2 is 1.90 bits per heavy atom. The fourth-order valence-corrected chi connectivity index (χ4v) is 4.11. The molecule has 1 aliphatic heterocycles. The van der Waals surface area contributed by atoms with E-state index in [0.29, 0.717) is 18.0 Å². The van der Waals surface area contributed by atoms with E-state index in [1.807, 2.05) is 0 Å². The maximum atomic E-state index is 3.69. The maximum absolute atomic E-state index is 3.69. The van der Waals surface area contributed by atoms with Crippen molar-refractivity contribution in [3.63, 3.8) is 0 Å². The van der Waals surface area contributed by atoms with E-state index in [2.05, 4.69) is 74.1 Å². The summed E-state index contributed by atoms with van der Waals surface area (Å²) in [7, 11) is 2.26. The van der Waals surface area contributed by atoms with Gasteiger partial charge in [-0.25, -0.2) is 0 Å². The summed E-state index contributed by atoms with van der Waals surface area (Å²) in [6.45, 7) is 8.92. The van der Waals surface area contributed by atoms with E-state index in [4.69, 9.17) is 0 Å². The smallest absolute Gasteiger partial charge is 0.0486 e. The molecule has 2 nitrogen and oxygen atoms in total. The minimum Gasteiger partial charge on any atom is -0.309 e. The third-order valence-electron chi connectivity index (χ3n) is 4.21. The molecular formula is C17H28N2S. The van der Waals surface area contributed by atoms with Crippen LogP contribution in [0.25, 0.3) is 0 Å². The molecule has 1 N–H and O–H groups in total. The Morgan fingerprint density at radius 3 is 2.45 bits per heavy atom. The summed E-state index contributed by atoms with van der Waals surface area (Å²) in [6.07, 6.45) is 0. The molecule has 1 aromatic carbocycles. The highest BCUT2D eigenvalue weighted by Gasteiger charge is 2.28. The molecule has 112 valence electrons. The molecule has 0 saturated carbocycles. The molecule has 1 aromatic rings. The SMILES string of the molecule is CCNC(c1ccc(C(C)C)cc1)C1CSCCN1C. The Balaban J connectivity index is 2.18. The van der Waals surface area contributed by atoms with Crippen molar-refractivity contribution in [3.05, 3.63) is 35.4 Å². The lowest BCUT2D eigenvalue weighted by atomic mass is 9.95. The molecule has 1 fully saturated rings. The molecule has 1 heterocycles. The minimum atomic E-state index is 0.444. The molecule has 20 heavy (non-hydrogen) atoms. The fourth-order valence-electron chi connectivity index (χ4n) is 2.84. The van der Waals surface area contributed by atoms with Crippen molar-refractivity contribution in [1.29, 1.82) is 0 Å². The molecule has 3 heteroatoms. The molecule has 2 unspecified atom stereocenters. The van der Waals surface area contributed by atoms with E-state index >= 15 is 0 Å². The minimum absolute atomic E-state index is 0.444. The number of hydrogen-bond donors (Lipinski definition) is 1. The Morgan fingerprint density at radius 1 is 1.25 bits per heavy atom. The van der Waals surface area contributed by atoms with Crippen LogP contribution >= 0.6 is 11.8 Å². The van der Waals surface area contributed by atoms with Gasteiger partial charge in [-0.3, -0.25) is 4.90 Å². The van der Waals surface area contributed by atoms with Gasteiger partial charge in [0, 0.05) is 30.1 Å². The topological polar surface area (TPSA) is 15.3 Å². The Hall–Kier alpha value is -0.510. The highest BCUT2D eigenvalue weighted by atomic mass is 32.2. The number of benzene rings is 1. The molecule has 0 bridgehead atoms. The first-order valence-corrected chi connectivity index (χ1v) is 8.90. The van der Waals surface area contributed by atoms with E-state index in [1.54, 1.807) is 0 Å². The third kappa shape index (κ3) is 3.78. The standard InChI is InChI=1S/C17H28N2S/c1-5-18-17(16-12-20-11-10-19(16)4)15-8-6-14(7-9-15)13(2)3/h6-9,13,16-18H,5,10-12H2,1-4H3. The van der Waals surface area contributed by atoms with E-state index in [1.165, 1.54) is 29.2 Å². The van der Waals surface area contributed by atoms with Crippen LogP contribution in [-0.2, 0) is 0 Å². The summed E-state index contributed by atoms with van der Waals surface area (Å²) in [4.78, 5) is 2.51. The van der Waals surface area contributed by atoms with Gasteiger partial charge in [0.25, 0.3) is 0 Å². The average Bonchev–Trinajstić information content (AvgIpc) is 2.46. The number of likely N-dealkylation sites (N-methyl/N-ethyl adjacent to an activating group) is 2. The van der Waals surface area contributed by atoms with Crippen LogP contribution in [-0.4, -0.2) is 42.6 Å². The van der Waals surface area contributed by atoms with Crippen molar-refractivity contribution >= 4 is 11.8 Å². The summed E-state index contributed by atoms with van der Waals surface area (Å²) in [5.74, 6) is 3.09. The molecule has 1 saturated heterocycles. The van der Waals surface area contributed by atoms with Gasteiger partial charge < -0.3 is 5.32 Å². The first kappa shape index (κ1) is 15.9. The monoisotopic (exact) mass is 292 g/mol. The van der Waals surface area contributed by atoms with Gasteiger partial charge in [-0.05, 0) is 30.6 Å². The second-order valence-electron chi connectivity index (χ2n) is 5.98. The number of hydrogen-bond acceptors (Lipinski definition) is 3. The zero-order chi connectivity index (χ0) is 14.5. The number of nitrogens with zero attached hydrogens (tertiary/aromatic N) is 1. The molecule has 1 aliphatic rings. The van der Waals surface area contributed by atoms with Crippen LogP contribution in [0, 0.1) is 0 Å². The Kier molecular flexibility index (Phi) is 5.94.